The summed E-state index contributed by atoms with van der Waals surface area (Å²) in [6.07, 6.45) is 13.2. The average molecular weight is 477 g/mol. The van der Waals surface area contributed by atoms with E-state index in [2.05, 4.69) is 26.1 Å². The number of carbonyl (C=O) groups is 1. The van der Waals surface area contributed by atoms with Crippen LogP contribution >= 0.6 is 0 Å². The van der Waals surface area contributed by atoms with Crippen LogP contribution in [0.5, 0.6) is 0 Å². The molecule has 0 aromatic heterocycles. The van der Waals surface area contributed by atoms with Crippen LogP contribution in [0.4, 0.5) is 0 Å². The van der Waals surface area contributed by atoms with Crippen LogP contribution in [0.1, 0.15) is 104 Å². The molecule has 34 heavy (non-hydrogen) atoms. The van der Waals surface area contributed by atoms with Crippen molar-refractivity contribution in [3.63, 3.8) is 0 Å². The van der Waals surface area contributed by atoms with E-state index in [1.165, 1.54) is 25.7 Å². The number of hydrogen-bond acceptors (Lipinski definition) is 4. The number of aliphatic hydroxyl groups excluding tert-OH is 2. The number of nitrogens with one attached hydrogen (secondary N) is 1. The zero-order chi connectivity index (χ0) is 24.5. The van der Waals surface area contributed by atoms with Crippen molar-refractivity contribution in [2.45, 2.75) is 116 Å². The molecule has 0 bridgehead atoms. The van der Waals surface area contributed by atoms with Crippen molar-refractivity contribution in [1.82, 2.24) is 5.32 Å². The second-order valence-electron chi connectivity index (χ2n) is 13.1. The predicted molar refractivity (Wildman–Crippen MR) is 137 cm³/mol. The first-order valence-electron chi connectivity index (χ1n) is 14.5. The Labute approximate surface area is 208 Å². The number of aliphatic hydroxyl groups is 2. The summed E-state index contributed by atoms with van der Waals surface area (Å²) in [6, 6.07) is 0. The first kappa shape index (κ1) is 26.4. The molecule has 5 nitrogen and oxygen atoms in total. The van der Waals surface area contributed by atoms with Crippen molar-refractivity contribution in [3.8, 4) is 0 Å². The topological polar surface area (TPSA) is 95.6 Å². The van der Waals surface area contributed by atoms with Crippen molar-refractivity contribution in [2.24, 2.45) is 52.1 Å². The van der Waals surface area contributed by atoms with Gasteiger partial charge in [0.1, 0.15) is 0 Å². The van der Waals surface area contributed by atoms with Crippen LogP contribution in [0.3, 0.4) is 0 Å². The lowest BCUT2D eigenvalue weighted by molar-refractivity contribution is -0.174. The molecule has 0 heterocycles. The molecule has 5 N–H and O–H groups in total. The van der Waals surface area contributed by atoms with Crippen LogP contribution < -0.4 is 11.1 Å². The maximum atomic E-state index is 12.4. The third kappa shape index (κ3) is 4.83. The normalized spacial score (nSPS) is 44.6. The second kappa shape index (κ2) is 10.8. The minimum absolute atomic E-state index is 0.0172. The number of fused-ring (bicyclic) bond motifs is 5. The van der Waals surface area contributed by atoms with Crippen molar-refractivity contribution in [3.05, 3.63) is 0 Å². The van der Waals surface area contributed by atoms with Crippen LogP contribution in [0, 0.1) is 46.3 Å². The van der Waals surface area contributed by atoms with E-state index in [1.54, 1.807) is 0 Å². The van der Waals surface area contributed by atoms with E-state index in [9.17, 15) is 15.0 Å². The van der Waals surface area contributed by atoms with E-state index in [4.69, 9.17) is 5.73 Å². The van der Waals surface area contributed by atoms with Crippen LogP contribution in [0.2, 0.25) is 0 Å². The van der Waals surface area contributed by atoms with Gasteiger partial charge in [-0.25, -0.2) is 0 Å². The molecule has 4 aliphatic rings. The Morgan fingerprint density at radius 1 is 1.03 bits per heavy atom. The van der Waals surface area contributed by atoms with Gasteiger partial charge in [0.2, 0.25) is 5.91 Å². The average Bonchev–Trinajstić information content (AvgIpc) is 3.17. The summed E-state index contributed by atoms with van der Waals surface area (Å²) < 4.78 is 0. The fourth-order valence-electron chi connectivity index (χ4n) is 9.48. The number of nitrogens with two attached hydrogens (primary N) is 1. The fourth-order valence-corrected chi connectivity index (χ4v) is 9.48. The number of hydrogen-bond donors (Lipinski definition) is 4. The summed E-state index contributed by atoms with van der Waals surface area (Å²) in [6.45, 7) is 8.69. The molecule has 4 aliphatic carbocycles. The lowest BCUT2D eigenvalue weighted by Crippen LogP contribution is -2.58. The van der Waals surface area contributed by atoms with Gasteiger partial charge in [-0.1, -0.05) is 27.2 Å². The Morgan fingerprint density at radius 3 is 2.59 bits per heavy atom. The Balaban J connectivity index is 1.36. The van der Waals surface area contributed by atoms with E-state index in [0.717, 1.165) is 70.4 Å². The monoisotopic (exact) mass is 476 g/mol. The van der Waals surface area contributed by atoms with E-state index in [-0.39, 0.29) is 28.9 Å². The molecule has 1 amide bonds. The van der Waals surface area contributed by atoms with Gasteiger partial charge in [0.05, 0.1) is 12.2 Å². The van der Waals surface area contributed by atoms with Crippen LogP contribution in [-0.2, 0) is 4.79 Å². The highest BCUT2D eigenvalue weighted by Crippen LogP contribution is 2.68. The van der Waals surface area contributed by atoms with Gasteiger partial charge in [-0.3, -0.25) is 4.79 Å². The zero-order valence-corrected chi connectivity index (χ0v) is 22.1. The van der Waals surface area contributed by atoms with Gasteiger partial charge in [-0.2, -0.15) is 0 Å². The van der Waals surface area contributed by atoms with Gasteiger partial charge >= 0.3 is 0 Å². The van der Waals surface area contributed by atoms with E-state index < -0.39 is 0 Å². The molecule has 5 heteroatoms. The summed E-state index contributed by atoms with van der Waals surface area (Å²) in [5, 5.41) is 25.1. The molecule has 0 saturated heterocycles. The van der Waals surface area contributed by atoms with Gasteiger partial charge in [-0.15, -0.1) is 0 Å². The van der Waals surface area contributed by atoms with Gasteiger partial charge < -0.3 is 21.3 Å². The zero-order valence-electron chi connectivity index (χ0n) is 22.1. The molecule has 0 aromatic carbocycles. The Hall–Kier alpha value is -0.650. The van der Waals surface area contributed by atoms with Gasteiger partial charge in [0.15, 0.2) is 0 Å². The van der Waals surface area contributed by atoms with Crippen molar-refractivity contribution >= 4 is 5.91 Å². The van der Waals surface area contributed by atoms with E-state index in [0.29, 0.717) is 36.0 Å². The number of rotatable bonds is 9. The smallest absolute Gasteiger partial charge is 0.220 e. The van der Waals surface area contributed by atoms with Crippen LogP contribution in [0.25, 0.3) is 0 Å². The Kier molecular flexibility index (Phi) is 8.36. The summed E-state index contributed by atoms with van der Waals surface area (Å²) >= 11 is 0. The molecular weight excluding hydrogens is 424 g/mol. The molecule has 0 unspecified atom stereocenters. The molecule has 4 rings (SSSR count). The fraction of sp³-hybridized carbons (Fsp3) is 0.966. The number of amides is 1. The van der Waals surface area contributed by atoms with Gasteiger partial charge in [-0.05, 0) is 124 Å². The molecule has 4 saturated carbocycles. The third-order valence-electron chi connectivity index (χ3n) is 11.5. The van der Waals surface area contributed by atoms with Crippen molar-refractivity contribution in [2.75, 3.05) is 13.1 Å². The molecule has 0 spiro atoms. The van der Waals surface area contributed by atoms with Crippen LogP contribution in [0.15, 0.2) is 0 Å². The Morgan fingerprint density at radius 2 is 1.82 bits per heavy atom. The van der Waals surface area contributed by atoms with Crippen molar-refractivity contribution < 1.29 is 15.0 Å². The minimum atomic E-state index is -0.243. The number of carbonyl (C=O) groups excluding carboxylic acids is 1. The lowest BCUT2D eigenvalue weighted by atomic mass is 9.43. The standard InChI is InChI=1S/C29H52N2O3/c1-19(7-12-27(34)31-16-6-4-5-15-30)23-10-11-24-22-9-8-20-17-21(32)13-14-28(20,2)25(22)18-26(33)29(23,24)3/h19-26,32-33H,4-18,30H2,1-3H3,(H,31,34)/t19-,20-,21-,22+,23-,24+,25+,26+,28+,29-/m0/s1. The Bertz CT molecular complexity index is 701. The van der Waals surface area contributed by atoms with Crippen molar-refractivity contribution in [1.29, 1.82) is 0 Å². The maximum Gasteiger partial charge on any atom is 0.220 e. The van der Waals surface area contributed by atoms with E-state index >= 15 is 0 Å². The SMILES string of the molecule is C[C@@H](CCC(=O)NCCCCCN)[C@@H]1CC[C@@H]2[C@H]3CC[C@H]4C[C@@H](O)CC[C@@]4(C)[C@@H]3C[C@@H](O)[C@]21C. The largest absolute Gasteiger partial charge is 0.393 e. The number of unbranched alkanes of at least 4 members (excludes halogenated alkanes) is 2. The first-order chi connectivity index (χ1) is 16.2. The predicted octanol–water partition coefficient (Wildman–Crippen LogP) is 4.64. The maximum absolute atomic E-state index is 12.4. The summed E-state index contributed by atoms with van der Waals surface area (Å²) in [4.78, 5) is 12.4. The quantitative estimate of drug-likeness (QED) is 0.365. The molecule has 0 aliphatic heterocycles. The first-order valence-corrected chi connectivity index (χ1v) is 14.5. The molecule has 0 aromatic rings. The third-order valence-corrected chi connectivity index (χ3v) is 11.5. The summed E-state index contributed by atoms with van der Waals surface area (Å²) in [5.41, 5.74) is 5.81. The molecule has 196 valence electrons. The lowest BCUT2D eigenvalue weighted by Gasteiger charge is -2.62. The molecule has 10 atom stereocenters. The van der Waals surface area contributed by atoms with Gasteiger partial charge in [0, 0.05) is 13.0 Å². The van der Waals surface area contributed by atoms with Gasteiger partial charge in [0.25, 0.3) is 0 Å². The molecule has 4 fully saturated rings. The highest BCUT2D eigenvalue weighted by molar-refractivity contribution is 5.75. The molecule has 0 radical (unpaired) electrons. The van der Waals surface area contributed by atoms with Crippen LogP contribution in [-0.4, -0.2) is 41.4 Å². The molecular formula is C29H52N2O3. The highest BCUT2D eigenvalue weighted by atomic mass is 16.3. The highest BCUT2D eigenvalue weighted by Gasteiger charge is 2.63. The van der Waals surface area contributed by atoms with E-state index in [1.807, 2.05) is 0 Å². The minimum Gasteiger partial charge on any atom is -0.393 e. The second-order valence-corrected chi connectivity index (χ2v) is 13.1. The summed E-state index contributed by atoms with van der Waals surface area (Å²) in [5.74, 6) is 3.69. The summed E-state index contributed by atoms with van der Waals surface area (Å²) in [7, 11) is 0.